The number of amides is 2. The van der Waals surface area contributed by atoms with E-state index < -0.39 is 12.2 Å². The van der Waals surface area contributed by atoms with Crippen molar-refractivity contribution >= 4 is 23.6 Å². The highest BCUT2D eigenvalue weighted by molar-refractivity contribution is 7.99. The highest BCUT2D eigenvalue weighted by Crippen LogP contribution is 2.40. The van der Waals surface area contributed by atoms with Gasteiger partial charge in [-0.05, 0) is 75.4 Å². The van der Waals surface area contributed by atoms with Crippen molar-refractivity contribution < 1.29 is 29.4 Å². The summed E-state index contributed by atoms with van der Waals surface area (Å²) in [5.41, 5.74) is 8.13. The van der Waals surface area contributed by atoms with E-state index >= 15 is 0 Å². The maximum atomic E-state index is 12.4. The van der Waals surface area contributed by atoms with Crippen LogP contribution in [0.15, 0.2) is 108 Å². The number of hydroxylamine groups is 1. The molecule has 264 valence electrons. The Morgan fingerprint density at radius 2 is 1.57 bits per heavy atom. The molecule has 0 saturated carbocycles. The van der Waals surface area contributed by atoms with Crippen molar-refractivity contribution in [1.82, 2.24) is 31.0 Å². The van der Waals surface area contributed by atoms with E-state index in [1.807, 2.05) is 91.0 Å². The molecule has 6 rings (SSSR count). The van der Waals surface area contributed by atoms with Crippen molar-refractivity contribution in [2.45, 2.75) is 68.9 Å². The van der Waals surface area contributed by atoms with Gasteiger partial charge in [0.05, 0.1) is 24.5 Å². The zero-order valence-corrected chi connectivity index (χ0v) is 28.7. The number of benzene rings is 4. The maximum absolute atomic E-state index is 12.4. The van der Waals surface area contributed by atoms with Gasteiger partial charge >= 0.3 is 0 Å². The maximum Gasteiger partial charge on any atom is 0.243 e. The minimum atomic E-state index is -0.636. The van der Waals surface area contributed by atoms with Gasteiger partial charge in [0.25, 0.3) is 0 Å². The number of thioether (sulfide) groups is 1. The van der Waals surface area contributed by atoms with E-state index in [0.29, 0.717) is 43.1 Å². The van der Waals surface area contributed by atoms with E-state index in [9.17, 15) is 14.7 Å². The molecule has 1 aliphatic rings. The molecule has 5 aromatic rings. The fourth-order valence-electron chi connectivity index (χ4n) is 5.83. The van der Waals surface area contributed by atoms with Crippen LogP contribution >= 0.6 is 11.8 Å². The molecular weight excluding hydrogens is 669 g/mol. The molecule has 0 unspecified atom stereocenters. The largest absolute Gasteiger partial charge is 0.392 e. The van der Waals surface area contributed by atoms with Gasteiger partial charge in [-0.25, -0.2) is 5.48 Å². The first-order chi connectivity index (χ1) is 25.0. The van der Waals surface area contributed by atoms with Gasteiger partial charge in [0.15, 0.2) is 6.29 Å². The Hall–Kier alpha value is -4.92. The standard InChI is InChI=1S/C38H40N6O6S/c45-24-26-16-18-28(19-17-26)34-22-33(25-51-38-40-42-43-44(38)32-12-2-1-3-13-32)49-37(50-34)31-11-7-10-30(21-31)29-9-6-8-27(20-29)23-39-35(46)14-4-5-15-36(47)41-48/h1-3,6-13,16-21,33-34,37,45,48H,4-5,14-15,22-25H2,(H,39,46)(H,41,47)/t33-,34+,37+/m1/s1. The number of rotatable bonds is 15. The van der Waals surface area contributed by atoms with Crippen LogP contribution in [0, 0.1) is 0 Å². The molecule has 51 heavy (non-hydrogen) atoms. The molecule has 0 bridgehead atoms. The average molecular weight is 709 g/mol. The number of aliphatic hydroxyl groups excluding tert-OH is 1. The van der Waals surface area contributed by atoms with Crippen LogP contribution in [-0.4, -0.2) is 54.2 Å². The molecule has 1 aliphatic heterocycles. The molecule has 1 aromatic heterocycles. The summed E-state index contributed by atoms with van der Waals surface area (Å²) < 4.78 is 14.9. The molecule has 1 fully saturated rings. The molecule has 2 heterocycles. The lowest BCUT2D eigenvalue weighted by atomic mass is 9.99. The van der Waals surface area contributed by atoms with Crippen LogP contribution in [0.1, 0.15) is 66.8 Å². The third kappa shape index (κ3) is 9.87. The molecule has 0 aliphatic carbocycles. The predicted molar refractivity (Wildman–Crippen MR) is 190 cm³/mol. The van der Waals surface area contributed by atoms with Gasteiger partial charge in [-0.1, -0.05) is 90.6 Å². The van der Waals surface area contributed by atoms with Crippen LogP contribution in [0.2, 0.25) is 0 Å². The number of aliphatic hydroxyl groups is 1. The lowest BCUT2D eigenvalue weighted by Crippen LogP contribution is -2.31. The predicted octanol–water partition coefficient (Wildman–Crippen LogP) is 5.84. The summed E-state index contributed by atoms with van der Waals surface area (Å²) in [5, 5.41) is 34.2. The fourth-order valence-corrected chi connectivity index (χ4v) is 6.74. The van der Waals surface area contributed by atoms with Crippen LogP contribution in [0.4, 0.5) is 0 Å². The van der Waals surface area contributed by atoms with Gasteiger partial charge in [0.1, 0.15) is 0 Å². The molecule has 0 radical (unpaired) electrons. The first-order valence-electron chi connectivity index (χ1n) is 16.8. The first-order valence-corrected chi connectivity index (χ1v) is 17.8. The van der Waals surface area contributed by atoms with Crippen LogP contribution in [0.25, 0.3) is 16.8 Å². The highest BCUT2D eigenvalue weighted by Gasteiger charge is 2.33. The number of nitrogens with zero attached hydrogens (tertiary/aromatic N) is 4. The Bertz CT molecular complexity index is 1890. The van der Waals surface area contributed by atoms with E-state index in [0.717, 1.165) is 39.1 Å². The third-order valence-corrected chi connectivity index (χ3v) is 9.60. The lowest BCUT2D eigenvalue weighted by Gasteiger charge is -2.36. The Morgan fingerprint density at radius 1 is 0.824 bits per heavy atom. The van der Waals surface area contributed by atoms with Crippen molar-refractivity contribution in [2.75, 3.05) is 5.75 Å². The number of para-hydroxylation sites is 1. The monoisotopic (exact) mass is 708 g/mol. The van der Waals surface area contributed by atoms with Crippen molar-refractivity contribution in [3.05, 3.63) is 125 Å². The number of unbranched alkanes of at least 4 members (excludes halogenated alkanes) is 1. The molecule has 0 spiro atoms. The van der Waals surface area contributed by atoms with E-state index in [1.165, 1.54) is 11.8 Å². The molecule has 13 heteroatoms. The van der Waals surface area contributed by atoms with Crippen LogP contribution in [-0.2, 0) is 32.2 Å². The summed E-state index contributed by atoms with van der Waals surface area (Å²) in [6.07, 6.45) is 1.12. The Labute approximate surface area is 300 Å². The molecule has 4 aromatic carbocycles. The number of carbonyl (C=O) groups is 2. The van der Waals surface area contributed by atoms with Gasteiger partial charge in [-0.3, -0.25) is 14.8 Å². The van der Waals surface area contributed by atoms with Crippen LogP contribution in [0.5, 0.6) is 0 Å². The SMILES string of the molecule is O=C(CCCCC(=O)NCc1cccc(-c2cccc([C@H]3O[C@@H](CSc4nnnn4-c4ccccc4)C[C@@H](c4ccc(CO)cc4)O3)c2)c1)NO. The summed E-state index contributed by atoms with van der Waals surface area (Å²) in [6, 6.07) is 33.7. The summed E-state index contributed by atoms with van der Waals surface area (Å²) in [7, 11) is 0. The third-order valence-electron chi connectivity index (χ3n) is 8.55. The quantitative estimate of drug-likeness (QED) is 0.0450. The van der Waals surface area contributed by atoms with E-state index in [1.54, 1.807) is 10.2 Å². The minimum absolute atomic E-state index is 0.0271. The summed E-state index contributed by atoms with van der Waals surface area (Å²) in [6.45, 7) is 0.350. The smallest absolute Gasteiger partial charge is 0.243 e. The molecular formula is C38H40N6O6S. The van der Waals surface area contributed by atoms with Crippen molar-refractivity contribution in [1.29, 1.82) is 0 Å². The summed E-state index contributed by atoms with van der Waals surface area (Å²) in [4.78, 5) is 23.5. The lowest BCUT2D eigenvalue weighted by molar-refractivity contribution is -0.245. The zero-order chi connectivity index (χ0) is 35.4. The van der Waals surface area contributed by atoms with Gasteiger partial charge in [0, 0.05) is 37.1 Å². The number of hydrogen-bond acceptors (Lipinski definition) is 10. The van der Waals surface area contributed by atoms with Crippen LogP contribution < -0.4 is 10.8 Å². The van der Waals surface area contributed by atoms with Crippen molar-refractivity contribution in [3.8, 4) is 16.8 Å². The Balaban J connectivity index is 1.15. The average Bonchev–Trinajstić information content (AvgIpc) is 3.67. The number of aromatic nitrogens is 4. The number of tetrazole rings is 1. The Kier molecular flexibility index (Phi) is 12.6. The van der Waals surface area contributed by atoms with Gasteiger partial charge < -0.3 is 19.9 Å². The van der Waals surface area contributed by atoms with E-state index in [2.05, 4.69) is 33.0 Å². The van der Waals surface area contributed by atoms with Gasteiger partial charge in [-0.2, -0.15) is 4.68 Å². The number of hydrogen-bond donors (Lipinski definition) is 4. The van der Waals surface area contributed by atoms with E-state index in [4.69, 9.17) is 14.7 Å². The van der Waals surface area contributed by atoms with Crippen molar-refractivity contribution in [2.24, 2.45) is 0 Å². The second-order valence-corrected chi connectivity index (χ2v) is 13.2. The van der Waals surface area contributed by atoms with Gasteiger partial charge in [0.2, 0.25) is 17.0 Å². The second kappa shape index (κ2) is 17.8. The zero-order valence-electron chi connectivity index (χ0n) is 27.9. The molecule has 2 amide bonds. The highest BCUT2D eigenvalue weighted by atomic mass is 32.2. The number of ether oxygens (including phenoxy) is 2. The minimum Gasteiger partial charge on any atom is -0.392 e. The molecule has 3 atom stereocenters. The molecule has 4 N–H and O–H groups in total. The fraction of sp³-hybridized carbons (Fsp3) is 0.289. The Morgan fingerprint density at radius 3 is 2.33 bits per heavy atom. The number of nitrogens with one attached hydrogen (secondary N) is 2. The van der Waals surface area contributed by atoms with Crippen molar-refractivity contribution in [3.63, 3.8) is 0 Å². The summed E-state index contributed by atoms with van der Waals surface area (Å²) >= 11 is 1.53. The van der Waals surface area contributed by atoms with Gasteiger partial charge in [-0.15, -0.1) is 5.10 Å². The van der Waals surface area contributed by atoms with Crippen LogP contribution in [0.3, 0.4) is 0 Å². The molecule has 12 nitrogen and oxygen atoms in total. The van der Waals surface area contributed by atoms with E-state index in [-0.39, 0.29) is 31.1 Å². The molecule has 1 saturated heterocycles. The summed E-state index contributed by atoms with van der Waals surface area (Å²) in [5.74, 6) is 0.0518. The normalized spacial score (nSPS) is 17.2. The topological polar surface area (TPSA) is 161 Å². The first kappa shape index (κ1) is 35.9. The number of carbonyl (C=O) groups excluding carboxylic acids is 2. The second-order valence-electron chi connectivity index (χ2n) is 12.2.